The lowest BCUT2D eigenvalue weighted by molar-refractivity contribution is 0.0342. The molecular weight excluding hydrogens is 564 g/mol. The van der Waals surface area contributed by atoms with Crippen LogP contribution in [0.5, 0.6) is 0 Å². The number of rotatable bonds is 8. The van der Waals surface area contributed by atoms with Crippen LogP contribution in [0.15, 0.2) is 47.4 Å². The van der Waals surface area contributed by atoms with Gasteiger partial charge in [0.05, 0.1) is 31.3 Å². The van der Waals surface area contributed by atoms with E-state index in [-0.39, 0.29) is 33.7 Å². The van der Waals surface area contributed by atoms with E-state index in [1.165, 1.54) is 29.2 Å². The van der Waals surface area contributed by atoms with E-state index in [1.54, 1.807) is 6.92 Å². The molecule has 2 aliphatic heterocycles. The number of urea groups is 1. The molecule has 13 heteroatoms. The normalized spacial score (nSPS) is 16.1. The number of ether oxygens (including phenoxy) is 2. The Morgan fingerprint density at radius 3 is 2.64 bits per heavy atom. The van der Waals surface area contributed by atoms with E-state index in [0.29, 0.717) is 23.9 Å². The Morgan fingerprint density at radius 1 is 1.18 bits per heavy atom. The Labute approximate surface area is 235 Å². The lowest BCUT2D eigenvalue weighted by atomic mass is 10.1. The van der Waals surface area contributed by atoms with Crippen molar-refractivity contribution in [2.45, 2.75) is 30.7 Å². The van der Waals surface area contributed by atoms with Crippen LogP contribution < -0.4 is 10.2 Å². The number of carbonyl (C=O) groups is 2. The number of amides is 2. The number of sulfone groups is 1. The lowest BCUT2D eigenvalue weighted by Crippen LogP contribution is -2.40. The summed E-state index contributed by atoms with van der Waals surface area (Å²) in [6.45, 7) is 5.82. The van der Waals surface area contributed by atoms with E-state index in [2.05, 4.69) is 15.2 Å². The van der Waals surface area contributed by atoms with Gasteiger partial charge in [-0.3, -0.25) is 9.80 Å². The zero-order chi connectivity index (χ0) is 27.6. The van der Waals surface area contributed by atoms with Gasteiger partial charge in [0.1, 0.15) is 10.8 Å². The van der Waals surface area contributed by atoms with Gasteiger partial charge in [-0.2, -0.15) is 0 Å². The molecule has 0 aliphatic carbocycles. The van der Waals surface area contributed by atoms with Gasteiger partial charge < -0.3 is 14.8 Å². The fourth-order valence-electron chi connectivity index (χ4n) is 4.41. The zero-order valence-corrected chi connectivity index (χ0v) is 23.6. The molecule has 1 aromatic heterocycles. The number of nitrogens with one attached hydrogen (secondary N) is 1. The number of hydrogen-bond donors (Lipinski definition) is 1. The summed E-state index contributed by atoms with van der Waals surface area (Å²) in [5.41, 5.74) is 2.61. The van der Waals surface area contributed by atoms with E-state index >= 15 is 0 Å². The number of morpholine rings is 1. The van der Waals surface area contributed by atoms with Crippen molar-refractivity contribution >= 4 is 56.3 Å². The van der Waals surface area contributed by atoms with Gasteiger partial charge in [-0.15, -0.1) is 11.3 Å². The van der Waals surface area contributed by atoms with Crippen molar-refractivity contribution in [3.63, 3.8) is 0 Å². The number of esters is 1. The van der Waals surface area contributed by atoms with Gasteiger partial charge in [-0.05, 0) is 48.4 Å². The SMILES string of the molecule is CCOC(=O)c1sc(CS(=O)(=O)c2ccc(Cl)cc2)nc1N1Cc2ccc(CN3CCOCC3)cc2NC1=O. The van der Waals surface area contributed by atoms with E-state index in [4.69, 9.17) is 21.1 Å². The molecule has 1 N–H and O–H groups in total. The van der Waals surface area contributed by atoms with Crippen molar-refractivity contribution in [1.29, 1.82) is 0 Å². The van der Waals surface area contributed by atoms with E-state index in [0.717, 1.165) is 42.1 Å². The highest BCUT2D eigenvalue weighted by molar-refractivity contribution is 7.90. The molecule has 0 atom stereocenters. The molecule has 2 amide bonds. The molecule has 206 valence electrons. The maximum atomic E-state index is 13.2. The molecule has 0 radical (unpaired) electrons. The molecular formula is C26H27ClN4O6S2. The number of carbonyl (C=O) groups excluding carboxylic acids is 2. The monoisotopic (exact) mass is 590 g/mol. The number of anilines is 2. The highest BCUT2D eigenvalue weighted by Crippen LogP contribution is 2.34. The van der Waals surface area contributed by atoms with E-state index in [9.17, 15) is 18.0 Å². The first-order chi connectivity index (χ1) is 18.7. The molecule has 0 spiro atoms. The fraction of sp³-hybridized carbons (Fsp3) is 0.346. The topological polar surface area (TPSA) is 118 Å². The van der Waals surface area contributed by atoms with Gasteiger partial charge >= 0.3 is 12.0 Å². The molecule has 0 saturated carbocycles. The minimum atomic E-state index is -3.78. The molecule has 2 aliphatic rings. The third-order valence-corrected chi connectivity index (χ3v) is 9.46. The Balaban J connectivity index is 1.41. The van der Waals surface area contributed by atoms with Crippen LogP contribution in [0.1, 0.15) is 32.7 Å². The van der Waals surface area contributed by atoms with E-state index < -0.39 is 27.6 Å². The second-order valence-electron chi connectivity index (χ2n) is 9.09. The van der Waals surface area contributed by atoms with Gasteiger partial charge in [-0.25, -0.2) is 23.0 Å². The maximum absolute atomic E-state index is 13.2. The summed E-state index contributed by atoms with van der Waals surface area (Å²) in [6.07, 6.45) is 0. The highest BCUT2D eigenvalue weighted by atomic mass is 35.5. The molecule has 2 aromatic carbocycles. The van der Waals surface area contributed by atoms with Crippen LogP contribution in [0.3, 0.4) is 0 Å². The quantitative estimate of drug-likeness (QED) is 0.385. The molecule has 39 heavy (non-hydrogen) atoms. The largest absolute Gasteiger partial charge is 0.462 e. The van der Waals surface area contributed by atoms with Gasteiger partial charge in [0.15, 0.2) is 20.5 Å². The smallest absolute Gasteiger partial charge is 0.352 e. The summed E-state index contributed by atoms with van der Waals surface area (Å²) in [5, 5.41) is 3.48. The molecule has 10 nitrogen and oxygen atoms in total. The summed E-state index contributed by atoms with van der Waals surface area (Å²) in [5.74, 6) is -1.04. The van der Waals surface area contributed by atoms with Crippen LogP contribution in [0.4, 0.5) is 16.3 Å². The van der Waals surface area contributed by atoms with Crippen molar-refractivity contribution in [3.05, 3.63) is 68.5 Å². The number of aromatic nitrogens is 1. The third kappa shape index (κ3) is 6.25. The summed E-state index contributed by atoms with van der Waals surface area (Å²) in [4.78, 5) is 34.2. The Bertz CT molecular complexity index is 1490. The first-order valence-corrected chi connectivity index (χ1v) is 15.2. The number of fused-ring (bicyclic) bond motifs is 1. The predicted octanol–water partition coefficient (Wildman–Crippen LogP) is 4.33. The van der Waals surface area contributed by atoms with Crippen LogP contribution in [0.2, 0.25) is 5.02 Å². The minimum absolute atomic E-state index is 0.0697. The van der Waals surface area contributed by atoms with Crippen LogP contribution in [0.25, 0.3) is 0 Å². The van der Waals surface area contributed by atoms with Gasteiger partial charge in [0.2, 0.25) is 0 Å². The van der Waals surface area contributed by atoms with Crippen LogP contribution in [-0.4, -0.2) is 63.2 Å². The fourth-order valence-corrected chi connectivity index (χ4v) is 7.10. The van der Waals surface area contributed by atoms with Crippen molar-refractivity contribution in [2.24, 2.45) is 0 Å². The molecule has 0 bridgehead atoms. The Morgan fingerprint density at radius 2 is 1.92 bits per heavy atom. The van der Waals surface area contributed by atoms with E-state index in [1.807, 2.05) is 18.2 Å². The number of nitrogens with zero attached hydrogens (tertiary/aromatic N) is 3. The van der Waals surface area contributed by atoms with Gasteiger partial charge in [0.25, 0.3) is 0 Å². The summed E-state index contributed by atoms with van der Waals surface area (Å²) < 4.78 is 36.6. The average molecular weight is 591 g/mol. The Kier molecular flexibility index (Phi) is 8.19. The minimum Gasteiger partial charge on any atom is -0.462 e. The first-order valence-electron chi connectivity index (χ1n) is 12.4. The van der Waals surface area contributed by atoms with Crippen molar-refractivity contribution in [3.8, 4) is 0 Å². The molecule has 1 saturated heterocycles. The zero-order valence-electron chi connectivity index (χ0n) is 21.2. The number of hydrogen-bond acceptors (Lipinski definition) is 9. The second kappa shape index (κ2) is 11.6. The van der Waals surface area contributed by atoms with Gasteiger partial charge in [-0.1, -0.05) is 23.7 Å². The van der Waals surface area contributed by atoms with Crippen molar-refractivity contribution in [1.82, 2.24) is 9.88 Å². The van der Waals surface area contributed by atoms with Crippen molar-refractivity contribution < 1.29 is 27.5 Å². The summed E-state index contributed by atoms with van der Waals surface area (Å²) in [6, 6.07) is 11.3. The van der Waals surface area contributed by atoms with Crippen LogP contribution in [0, 0.1) is 0 Å². The summed E-state index contributed by atoms with van der Waals surface area (Å²) >= 11 is 6.79. The first kappa shape index (κ1) is 27.5. The highest BCUT2D eigenvalue weighted by Gasteiger charge is 2.32. The number of benzene rings is 2. The van der Waals surface area contributed by atoms with Crippen LogP contribution in [-0.2, 0) is 38.2 Å². The maximum Gasteiger partial charge on any atom is 0.352 e. The number of halogens is 1. The summed E-state index contributed by atoms with van der Waals surface area (Å²) in [7, 11) is -3.78. The number of thiazole rings is 1. The standard InChI is InChI=1S/C26H27ClN4O6S2/c1-2-37-25(32)23-24(29-22(38-23)16-39(34,35)20-7-5-19(27)6-8-20)31-15-18-4-3-17(13-21(18)28-26(31)33)14-30-9-11-36-12-10-30/h3-8,13H,2,9-12,14-16H2,1H3,(H,28,33). The molecule has 0 unspecified atom stereocenters. The lowest BCUT2D eigenvalue weighted by Gasteiger charge is -2.30. The Hall–Kier alpha value is -3.03. The molecule has 5 rings (SSSR count). The molecule has 1 fully saturated rings. The van der Waals surface area contributed by atoms with Crippen molar-refractivity contribution in [2.75, 3.05) is 43.1 Å². The van der Waals surface area contributed by atoms with Gasteiger partial charge in [0, 0.05) is 30.3 Å². The molecule has 3 aromatic rings. The third-order valence-electron chi connectivity index (χ3n) is 6.36. The second-order valence-corrected chi connectivity index (χ2v) is 12.6. The van der Waals surface area contributed by atoms with Crippen LogP contribution >= 0.6 is 22.9 Å². The average Bonchev–Trinajstić information content (AvgIpc) is 3.32. The predicted molar refractivity (Wildman–Crippen MR) is 148 cm³/mol. The molecule has 3 heterocycles.